The van der Waals surface area contributed by atoms with Crippen molar-refractivity contribution in [3.63, 3.8) is 0 Å². The van der Waals surface area contributed by atoms with E-state index < -0.39 is 5.92 Å². The normalized spacial score (nSPS) is 12.0. The molecule has 0 N–H and O–H groups in total. The Balaban J connectivity index is 2.96. The van der Waals surface area contributed by atoms with Gasteiger partial charge in [-0.25, -0.2) is 0 Å². The first-order chi connectivity index (χ1) is 4.50. The van der Waals surface area contributed by atoms with Crippen LogP contribution in [0.3, 0.4) is 0 Å². The van der Waals surface area contributed by atoms with Gasteiger partial charge in [-0.1, -0.05) is 5.21 Å². The third-order valence-electron chi connectivity index (χ3n) is 1.05. The van der Waals surface area contributed by atoms with Crippen LogP contribution in [0.1, 0.15) is 12.6 Å². The first-order valence-electron chi connectivity index (χ1n) is 2.75. The Hall–Kier alpha value is -1.00. The van der Waals surface area contributed by atoms with E-state index in [9.17, 15) is 8.78 Å². The summed E-state index contributed by atoms with van der Waals surface area (Å²) in [5.74, 6) is -2.88. The highest BCUT2D eigenvalue weighted by Crippen LogP contribution is 2.23. The molecule has 0 aliphatic carbocycles. The van der Waals surface area contributed by atoms with E-state index in [1.54, 1.807) is 7.05 Å². The molecule has 0 bridgehead atoms. The van der Waals surface area contributed by atoms with Crippen molar-refractivity contribution in [1.82, 2.24) is 15.0 Å². The highest BCUT2D eigenvalue weighted by Gasteiger charge is 2.27. The minimum absolute atomic E-state index is 0.296. The van der Waals surface area contributed by atoms with E-state index in [0.717, 1.165) is 6.92 Å². The SMILES string of the molecule is Cn1cc(C(C)(F)F)nn1. The molecule has 5 heteroatoms. The fourth-order valence-electron chi connectivity index (χ4n) is 0.548. The third-order valence-corrected chi connectivity index (χ3v) is 1.05. The molecule has 0 fully saturated rings. The molecule has 1 aromatic heterocycles. The molecule has 0 saturated carbocycles. The van der Waals surface area contributed by atoms with Crippen molar-refractivity contribution >= 4 is 0 Å². The summed E-state index contributed by atoms with van der Waals surface area (Å²) in [7, 11) is 1.54. The smallest absolute Gasteiger partial charge is 0.255 e. The highest BCUT2D eigenvalue weighted by atomic mass is 19.3. The second-order valence-electron chi connectivity index (χ2n) is 2.17. The molecule has 0 unspecified atom stereocenters. The quantitative estimate of drug-likeness (QED) is 0.591. The fourth-order valence-corrected chi connectivity index (χ4v) is 0.548. The highest BCUT2D eigenvalue weighted by molar-refractivity contribution is 4.99. The molecule has 0 radical (unpaired) electrons. The molecule has 3 nitrogen and oxygen atoms in total. The number of hydrogen-bond donors (Lipinski definition) is 0. The largest absolute Gasteiger partial charge is 0.290 e. The molecule has 0 atom stereocenters. The third kappa shape index (κ3) is 1.29. The molecule has 0 aliphatic heterocycles. The van der Waals surface area contributed by atoms with E-state index in [1.807, 2.05) is 0 Å². The van der Waals surface area contributed by atoms with Crippen molar-refractivity contribution in [3.05, 3.63) is 11.9 Å². The average Bonchev–Trinajstić information content (AvgIpc) is 2.11. The van der Waals surface area contributed by atoms with Gasteiger partial charge in [0.2, 0.25) is 0 Å². The van der Waals surface area contributed by atoms with E-state index >= 15 is 0 Å². The van der Waals surface area contributed by atoms with Crippen molar-refractivity contribution < 1.29 is 8.78 Å². The zero-order valence-corrected chi connectivity index (χ0v) is 5.67. The van der Waals surface area contributed by atoms with Crippen LogP contribution in [0.15, 0.2) is 6.20 Å². The lowest BCUT2D eigenvalue weighted by atomic mass is 10.3. The maximum Gasteiger partial charge on any atom is 0.290 e. The minimum Gasteiger partial charge on any atom is -0.255 e. The van der Waals surface area contributed by atoms with Crippen molar-refractivity contribution in [3.8, 4) is 0 Å². The van der Waals surface area contributed by atoms with Crippen molar-refractivity contribution in [2.24, 2.45) is 7.05 Å². The van der Waals surface area contributed by atoms with Crippen molar-refractivity contribution in [1.29, 1.82) is 0 Å². The second-order valence-corrected chi connectivity index (χ2v) is 2.17. The van der Waals surface area contributed by atoms with E-state index in [-0.39, 0.29) is 5.69 Å². The molecule has 0 spiro atoms. The zero-order valence-electron chi connectivity index (χ0n) is 5.67. The molecule has 0 amide bonds. The summed E-state index contributed by atoms with van der Waals surface area (Å²) >= 11 is 0. The lowest BCUT2D eigenvalue weighted by Gasteiger charge is -2.02. The monoisotopic (exact) mass is 147 g/mol. The second kappa shape index (κ2) is 2.00. The Labute approximate surface area is 56.7 Å². The molecule has 0 saturated heterocycles. The topological polar surface area (TPSA) is 30.7 Å². The maximum atomic E-state index is 12.4. The maximum absolute atomic E-state index is 12.4. The zero-order chi connectivity index (χ0) is 7.78. The summed E-state index contributed by atoms with van der Waals surface area (Å²) in [6.07, 6.45) is 1.19. The van der Waals surface area contributed by atoms with Crippen molar-refractivity contribution in [2.45, 2.75) is 12.8 Å². The lowest BCUT2D eigenvalue weighted by molar-refractivity contribution is 0.0126. The number of halogens is 2. The van der Waals surface area contributed by atoms with Gasteiger partial charge in [0.1, 0.15) is 0 Å². The summed E-state index contributed by atoms with van der Waals surface area (Å²) < 4.78 is 25.9. The molecule has 1 heterocycles. The van der Waals surface area contributed by atoms with Gasteiger partial charge in [-0.2, -0.15) is 8.78 Å². The van der Waals surface area contributed by atoms with E-state index in [4.69, 9.17) is 0 Å². The van der Waals surface area contributed by atoms with E-state index in [2.05, 4.69) is 10.3 Å². The van der Waals surface area contributed by atoms with Crippen LogP contribution in [-0.2, 0) is 13.0 Å². The van der Waals surface area contributed by atoms with Gasteiger partial charge in [-0.15, -0.1) is 5.10 Å². The Morgan fingerprint density at radius 3 is 2.40 bits per heavy atom. The molecular formula is C5H7F2N3. The van der Waals surface area contributed by atoms with E-state index in [0.29, 0.717) is 0 Å². The summed E-state index contributed by atoms with van der Waals surface area (Å²) in [6, 6.07) is 0. The average molecular weight is 147 g/mol. The fraction of sp³-hybridized carbons (Fsp3) is 0.600. The molecule has 1 aromatic rings. The number of aryl methyl sites for hydroxylation is 1. The van der Waals surface area contributed by atoms with Gasteiger partial charge in [0.05, 0.1) is 6.20 Å². The Morgan fingerprint density at radius 2 is 2.20 bits per heavy atom. The molecule has 1 rings (SSSR count). The molecular weight excluding hydrogens is 140 g/mol. The summed E-state index contributed by atoms with van der Waals surface area (Å²) in [6.45, 7) is 0.789. The van der Waals surface area contributed by atoms with Crippen LogP contribution < -0.4 is 0 Å². The lowest BCUT2D eigenvalue weighted by Crippen LogP contribution is -2.07. The number of aromatic nitrogens is 3. The Kier molecular flexibility index (Phi) is 1.42. The predicted octanol–water partition coefficient (Wildman–Crippen LogP) is 0.927. The van der Waals surface area contributed by atoms with Gasteiger partial charge in [0.15, 0.2) is 5.69 Å². The van der Waals surface area contributed by atoms with Crippen LogP contribution in [0.2, 0.25) is 0 Å². The van der Waals surface area contributed by atoms with Gasteiger partial charge < -0.3 is 0 Å². The summed E-state index contributed by atoms with van der Waals surface area (Å²) in [5.41, 5.74) is -0.296. The first-order valence-corrected chi connectivity index (χ1v) is 2.75. The molecule has 10 heavy (non-hydrogen) atoms. The molecule has 56 valence electrons. The van der Waals surface area contributed by atoms with Gasteiger partial charge >= 0.3 is 0 Å². The number of hydrogen-bond acceptors (Lipinski definition) is 2. The van der Waals surface area contributed by atoms with Gasteiger partial charge in [0.25, 0.3) is 5.92 Å². The number of alkyl halides is 2. The molecule has 0 aromatic carbocycles. The van der Waals surface area contributed by atoms with Crippen LogP contribution in [0, 0.1) is 0 Å². The number of rotatable bonds is 1. The van der Waals surface area contributed by atoms with Gasteiger partial charge in [-0.3, -0.25) is 4.68 Å². The Bertz CT molecular complexity index is 225. The van der Waals surface area contributed by atoms with E-state index in [1.165, 1.54) is 10.9 Å². The van der Waals surface area contributed by atoms with Crippen LogP contribution >= 0.6 is 0 Å². The summed E-state index contributed by atoms with van der Waals surface area (Å²) in [5, 5.41) is 6.62. The van der Waals surface area contributed by atoms with Crippen molar-refractivity contribution in [2.75, 3.05) is 0 Å². The first kappa shape index (κ1) is 7.11. The standard InChI is InChI=1S/C5H7F2N3/c1-5(6,7)4-3-10(2)9-8-4/h3H,1-2H3. The number of nitrogens with zero attached hydrogens (tertiary/aromatic N) is 3. The van der Waals surface area contributed by atoms with Crippen LogP contribution in [-0.4, -0.2) is 15.0 Å². The predicted molar refractivity (Wildman–Crippen MR) is 30.6 cm³/mol. The van der Waals surface area contributed by atoms with Crippen LogP contribution in [0.4, 0.5) is 8.78 Å². The Morgan fingerprint density at radius 1 is 1.60 bits per heavy atom. The van der Waals surface area contributed by atoms with Crippen LogP contribution in [0.25, 0.3) is 0 Å². The van der Waals surface area contributed by atoms with Gasteiger partial charge in [0, 0.05) is 14.0 Å². The van der Waals surface area contributed by atoms with Gasteiger partial charge in [-0.05, 0) is 0 Å². The summed E-state index contributed by atoms with van der Waals surface area (Å²) in [4.78, 5) is 0. The van der Waals surface area contributed by atoms with Crippen LogP contribution in [0.5, 0.6) is 0 Å². The minimum atomic E-state index is -2.88. The molecule has 0 aliphatic rings.